The minimum absolute atomic E-state index is 0.0253. The molecule has 0 fully saturated rings. The lowest BCUT2D eigenvalue weighted by Crippen LogP contribution is -2.31. The van der Waals surface area contributed by atoms with Crippen LogP contribution in [-0.2, 0) is 16.1 Å². The predicted molar refractivity (Wildman–Crippen MR) is 147 cm³/mol. The molecule has 3 aromatic rings. The molecule has 9 heteroatoms. The molecule has 0 heterocycles. The highest BCUT2D eigenvalue weighted by molar-refractivity contribution is 6.00. The van der Waals surface area contributed by atoms with Gasteiger partial charge in [0, 0.05) is 30.0 Å². The fourth-order valence-corrected chi connectivity index (χ4v) is 3.50. The summed E-state index contributed by atoms with van der Waals surface area (Å²) in [6.07, 6.45) is 1.47. The van der Waals surface area contributed by atoms with Gasteiger partial charge in [-0.3, -0.25) is 9.69 Å². The number of hydrogen-bond acceptors (Lipinski definition) is 5. The molecule has 0 aliphatic heterocycles. The summed E-state index contributed by atoms with van der Waals surface area (Å²) in [6.45, 7) is 6.16. The van der Waals surface area contributed by atoms with Crippen molar-refractivity contribution in [1.82, 2.24) is 0 Å². The summed E-state index contributed by atoms with van der Waals surface area (Å²) in [6, 6.07) is 21.0. The van der Waals surface area contributed by atoms with Gasteiger partial charge in [0.15, 0.2) is 0 Å². The third kappa shape index (κ3) is 8.70. The van der Waals surface area contributed by atoms with Crippen molar-refractivity contribution in [3.05, 3.63) is 96.6 Å². The van der Waals surface area contributed by atoms with E-state index < -0.39 is 12.1 Å². The number of carbonyl (C=O) groups excluding carboxylic acids is 2. The van der Waals surface area contributed by atoms with Crippen molar-refractivity contribution in [2.24, 2.45) is 0 Å². The lowest BCUT2D eigenvalue weighted by atomic mass is 10.2. The summed E-state index contributed by atoms with van der Waals surface area (Å²) in [5, 5.41) is 14.3. The summed E-state index contributed by atoms with van der Waals surface area (Å²) in [4.78, 5) is 37.3. The largest absolute Gasteiger partial charge is 0.494 e. The maximum Gasteiger partial charge on any atom is 0.414 e. The zero-order chi connectivity index (χ0) is 27.3. The first-order valence-electron chi connectivity index (χ1n) is 12.1. The number of benzene rings is 3. The molecule has 3 N–H and O–H groups in total. The zero-order valence-electron chi connectivity index (χ0n) is 21.2. The smallest absolute Gasteiger partial charge is 0.414 e. The minimum atomic E-state index is -0.868. The van der Waals surface area contributed by atoms with Crippen LogP contribution in [0.1, 0.15) is 24.0 Å². The zero-order valence-corrected chi connectivity index (χ0v) is 21.2. The number of nitrogens with zero attached hydrogens (tertiary/aromatic N) is 1. The Bertz CT molecular complexity index is 1260. The van der Waals surface area contributed by atoms with Crippen LogP contribution in [0.3, 0.4) is 0 Å². The first kappa shape index (κ1) is 27.8. The van der Waals surface area contributed by atoms with E-state index in [9.17, 15) is 14.4 Å². The molecule has 0 unspecified atom stereocenters. The van der Waals surface area contributed by atoms with Gasteiger partial charge in [0.05, 0.1) is 6.61 Å². The van der Waals surface area contributed by atoms with E-state index in [4.69, 9.17) is 14.6 Å². The maximum absolute atomic E-state index is 12.9. The molecule has 0 atom stereocenters. The van der Waals surface area contributed by atoms with E-state index in [1.54, 1.807) is 54.6 Å². The summed E-state index contributed by atoms with van der Waals surface area (Å²) >= 11 is 0. The number of nitrogens with one attached hydrogen (secondary N) is 2. The number of ether oxygens (including phenoxy) is 2. The molecule has 9 nitrogen and oxygen atoms in total. The van der Waals surface area contributed by atoms with Gasteiger partial charge < -0.3 is 25.2 Å². The first-order valence-corrected chi connectivity index (χ1v) is 12.1. The second-order valence-electron chi connectivity index (χ2n) is 8.39. The highest BCUT2D eigenvalue weighted by Gasteiger charge is 2.17. The molecule has 0 aliphatic rings. The minimum Gasteiger partial charge on any atom is -0.494 e. The number of para-hydroxylation sites is 1. The van der Waals surface area contributed by atoms with Gasteiger partial charge in [0.2, 0.25) is 0 Å². The molecule has 0 spiro atoms. The summed E-state index contributed by atoms with van der Waals surface area (Å²) in [5.41, 5.74) is 3.54. The standard InChI is InChI=1S/C29H31N3O6/c1-3-17-32(29(36)38-20-22-9-6-10-25(19-22)37-18-7-12-27(33)34)24-15-13-23(14-16-24)30-28(35)31-26-11-5-4-8-21(26)2/h3-6,8-11,13-16,19H,1,7,12,17-18,20H2,2H3,(H,33,34)(H2,30,31,35). The summed E-state index contributed by atoms with van der Waals surface area (Å²) in [7, 11) is 0. The Morgan fingerprint density at radius 2 is 1.76 bits per heavy atom. The maximum atomic E-state index is 12.9. The van der Waals surface area contributed by atoms with Gasteiger partial charge in [-0.25, -0.2) is 9.59 Å². The summed E-state index contributed by atoms with van der Waals surface area (Å²) < 4.78 is 11.1. The quantitative estimate of drug-likeness (QED) is 0.194. The molecule has 3 amide bonds. The van der Waals surface area contributed by atoms with Crippen LogP contribution in [0.2, 0.25) is 0 Å². The van der Waals surface area contributed by atoms with Crippen LogP contribution in [0.25, 0.3) is 0 Å². The number of rotatable bonds is 12. The third-order valence-corrected chi connectivity index (χ3v) is 5.43. The Labute approximate surface area is 221 Å². The number of amides is 3. The topological polar surface area (TPSA) is 117 Å². The van der Waals surface area contributed by atoms with Gasteiger partial charge in [-0.2, -0.15) is 0 Å². The third-order valence-electron chi connectivity index (χ3n) is 5.43. The molecule has 3 rings (SSSR count). The Morgan fingerprint density at radius 1 is 1.00 bits per heavy atom. The molecule has 0 aliphatic carbocycles. The molecular formula is C29H31N3O6. The average molecular weight is 518 g/mol. The van der Waals surface area contributed by atoms with Crippen LogP contribution >= 0.6 is 0 Å². The fraction of sp³-hybridized carbons (Fsp3) is 0.207. The number of aliphatic carboxylic acids is 1. The lowest BCUT2D eigenvalue weighted by Gasteiger charge is -2.21. The van der Waals surface area contributed by atoms with Gasteiger partial charge in [-0.1, -0.05) is 36.4 Å². The van der Waals surface area contributed by atoms with E-state index >= 15 is 0 Å². The fourth-order valence-electron chi connectivity index (χ4n) is 3.50. The highest BCUT2D eigenvalue weighted by Crippen LogP contribution is 2.21. The van der Waals surface area contributed by atoms with Crippen LogP contribution < -0.4 is 20.3 Å². The Morgan fingerprint density at radius 3 is 2.47 bits per heavy atom. The molecule has 0 saturated carbocycles. The van der Waals surface area contributed by atoms with Crippen molar-refractivity contribution in [2.75, 3.05) is 28.7 Å². The van der Waals surface area contributed by atoms with Crippen LogP contribution in [0.15, 0.2) is 85.5 Å². The SMILES string of the molecule is C=CCN(C(=O)OCc1cccc(OCCCC(=O)O)c1)c1ccc(NC(=O)Nc2ccccc2C)cc1. The van der Waals surface area contributed by atoms with E-state index in [2.05, 4.69) is 17.2 Å². The van der Waals surface area contributed by atoms with E-state index in [0.29, 0.717) is 23.5 Å². The molecule has 3 aromatic carbocycles. The number of anilines is 3. The van der Waals surface area contributed by atoms with Gasteiger partial charge in [0.1, 0.15) is 12.4 Å². The molecule has 0 aromatic heterocycles. The molecule has 38 heavy (non-hydrogen) atoms. The monoisotopic (exact) mass is 517 g/mol. The molecule has 0 saturated heterocycles. The van der Waals surface area contributed by atoms with E-state index in [1.807, 2.05) is 31.2 Å². The predicted octanol–water partition coefficient (Wildman–Crippen LogP) is 6.21. The van der Waals surface area contributed by atoms with Crippen LogP contribution in [-0.4, -0.2) is 36.4 Å². The molecule has 0 bridgehead atoms. The van der Waals surface area contributed by atoms with E-state index in [0.717, 1.165) is 16.8 Å². The number of carbonyl (C=O) groups is 3. The Kier molecular flexibility index (Phi) is 10.3. The number of carboxylic acids is 1. The van der Waals surface area contributed by atoms with Crippen molar-refractivity contribution < 1.29 is 29.0 Å². The Balaban J connectivity index is 1.55. The number of carboxylic acid groups (broad SMARTS) is 1. The van der Waals surface area contributed by atoms with Crippen LogP contribution in [0, 0.1) is 6.92 Å². The molecular weight excluding hydrogens is 486 g/mol. The number of urea groups is 1. The van der Waals surface area contributed by atoms with Gasteiger partial charge in [-0.15, -0.1) is 6.58 Å². The van der Waals surface area contributed by atoms with Crippen molar-refractivity contribution in [3.8, 4) is 5.75 Å². The van der Waals surface area contributed by atoms with Crippen LogP contribution in [0.5, 0.6) is 5.75 Å². The molecule has 0 radical (unpaired) electrons. The van der Waals surface area contributed by atoms with E-state index in [1.165, 1.54) is 4.90 Å². The van der Waals surface area contributed by atoms with Gasteiger partial charge in [-0.05, 0) is 66.9 Å². The number of hydrogen-bond donors (Lipinski definition) is 3. The van der Waals surface area contributed by atoms with Crippen molar-refractivity contribution in [1.29, 1.82) is 0 Å². The first-order chi connectivity index (χ1) is 18.4. The normalized spacial score (nSPS) is 10.2. The Hall–Kier alpha value is -4.79. The lowest BCUT2D eigenvalue weighted by molar-refractivity contribution is -0.137. The summed E-state index contributed by atoms with van der Waals surface area (Å²) in [5.74, 6) is -0.297. The van der Waals surface area contributed by atoms with Crippen molar-refractivity contribution in [2.45, 2.75) is 26.4 Å². The van der Waals surface area contributed by atoms with Gasteiger partial charge in [0.25, 0.3) is 0 Å². The second kappa shape index (κ2) is 14.1. The number of aryl methyl sites for hydroxylation is 1. The highest BCUT2D eigenvalue weighted by atomic mass is 16.6. The van der Waals surface area contributed by atoms with Crippen LogP contribution in [0.4, 0.5) is 26.7 Å². The van der Waals surface area contributed by atoms with E-state index in [-0.39, 0.29) is 32.2 Å². The average Bonchev–Trinajstić information content (AvgIpc) is 2.90. The van der Waals surface area contributed by atoms with Crippen molar-refractivity contribution >= 4 is 35.2 Å². The van der Waals surface area contributed by atoms with Crippen molar-refractivity contribution in [3.63, 3.8) is 0 Å². The molecule has 198 valence electrons. The van der Waals surface area contributed by atoms with Gasteiger partial charge >= 0.3 is 18.1 Å². The second-order valence-corrected chi connectivity index (χ2v) is 8.39.